The van der Waals surface area contributed by atoms with Crippen molar-refractivity contribution in [3.05, 3.63) is 114 Å². The van der Waals surface area contributed by atoms with Gasteiger partial charge >= 0.3 is 11.9 Å². The quantitative estimate of drug-likeness (QED) is 0.382. The standard InChI is InChI=1S/C27H25NO5/c1-32-25(30)18-24(29)28(26(27(31)33-2)22-16-10-5-11-17-22)19-23(20-12-6-3-7-13-20)21-14-8-4-9-15-21/h3-17,19,26H,18H2,1-2H3/t26-/m0/s1. The number of methoxy groups -OCH3 is 2. The second-order valence-electron chi connectivity index (χ2n) is 7.17. The second kappa shape index (κ2) is 11.4. The smallest absolute Gasteiger partial charge is 0.333 e. The fourth-order valence-electron chi connectivity index (χ4n) is 3.42. The highest BCUT2D eigenvalue weighted by atomic mass is 16.5. The Labute approximate surface area is 193 Å². The van der Waals surface area contributed by atoms with E-state index in [1.807, 2.05) is 66.7 Å². The van der Waals surface area contributed by atoms with E-state index >= 15 is 0 Å². The van der Waals surface area contributed by atoms with Gasteiger partial charge in [-0.2, -0.15) is 0 Å². The van der Waals surface area contributed by atoms with Gasteiger partial charge in [-0.15, -0.1) is 0 Å². The molecule has 0 aliphatic rings. The molecular formula is C27H25NO5. The maximum absolute atomic E-state index is 13.3. The van der Waals surface area contributed by atoms with Crippen molar-refractivity contribution in [2.75, 3.05) is 14.2 Å². The van der Waals surface area contributed by atoms with Crippen molar-refractivity contribution < 1.29 is 23.9 Å². The molecule has 3 aromatic rings. The van der Waals surface area contributed by atoms with Crippen LogP contribution >= 0.6 is 0 Å². The molecule has 0 saturated carbocycles. The van der Waals surface area contributed by atoms with Gasteiger partial charge in [-0.1, -0.05) is 91.0 Å². The molecule has 1 atom stereocenters. The first-order chi connectivity index (χ1) is 16.0. The lowest BCUT2D eigenvalue weighted by molar-refractivity contribution is -0.154. The summed E-state index contributed by atoms with van der Waals surface area (Å²) < 4.78 is 9.74. The minimum absolute atomic E-state index is 0.524. The number of hydrogen-bond acceptors (Lipinski definition) is 5. The van der Waals surface area contributed by atoms with Crippen LogP contribution in [0.2, 0.25) is 0 Å². The van der Waals surface area contributed by atoms with Crippen LogP contribution in [0.25, 0.3) is 5.57 Å². The highest BCUT2D eigenvalue weighted by Gasteiger charge is 2.32. The number of esters is 2. The van der Waals surface area contributed by atoms with Gasteiger partial charge in [0.2, 0.25) is 5.91 Å². The SMILES string of the molecule is COC(=O)CC(=O)N(C=C(c1ccccc1)c1ccccc1)[C@H](C(=O)OC)c1ccccc1. The number of hydrogen-bond donors (Lipinski definition) is 0. The third-order valence-corrected chi connectivity index (χ3v) is 5.07. The van der Waals surface area contributed by atoms with Gasteiger partial charge in [0.05, 0.1) is 14.2 Å². The van der Waals surface area contributed by atoms with Crippen LogP contribution < -0.4 is 0 Å². The highest BCUT2D eigenvalue weighted by Crippen LogP contribution is 2.29. The van der Waals surface area contributed by atoms with Gasteiger partial charge in [0.25, 0.3) is 0 Å². The van der Waals surface area contributed by atoms with E-state index in [1.54, 1.807) is 30.5 Å². The number of amides is 1. The molecule has 6 nitrogen and oxygen atoms in total. The Morgan fingerprint density at radius 2 is 1.24 bits per heavy atom. The average Bonchev–Trinajstić information content (AvgIpc) is 2.87. The van der Waals surface area contributed by atoms with Crippen molar-refractivity contribution in [2.24, 2.45) is 0 Å². The van der Waals surface area contributed by atoms with E-state index in [0.717, 1.165) is 11.1 Å². The zero-order chi connectivity index (χ0) is 23.6. The molecule has 0 fully saturated rings. The molecule has 0 unspecified atom stereocenters. The molecule has 0 N–H and O–H groups in total. The van der Waals surface area contributed by atoms with Gasteiger partial charge in [0.15, 0.2) is 6.04 Å². The normalized spacial score (nSPS) is 11.1. The monoisotopic (exact) mass is 443 g/mol. The van der Waals surface area contributed by atoms with E-state index in [4.69, 9.17) is 9.47 Å². The summed E-state index contributed by atoms with van der Waals surface area (Å²) in [5, 5.41) is 0. The van der Waals surface area contributed by atoms with Gasteiger partial charge in [-0.3, -0.25) is 14.5 Å². The molecule has 0 aliphatic heterocycles. The Morgan fingerprint density at radius 3 is 1.70 bits per heavy atom. The highest BCUT2D eigenvalue weighted by molar-refractivity contribution is 5.98. The van der Waals surface area contributed by atoms with Crippen molar-refractivity contribution in [1.82, 2.24) is 4.90 Å². The van der Waals surface area contributed by atoms with Crippen molar-refractivity contribution >= 4 is 23.4 Å². The first-order valence-electron chi connectivity index (χ1n) is 10.4. The first kappa shape index (κ1) is 23.5. The summed E-state index contributed by atoms with van der Waals surface area (Å²) in [7, 11) is 2.48. The van der Waals surface area contributed by atoms with Crippen LogP contribution in [0.5, 0.6) is 0 Å². The second-order valence-corrected chi connectivity index (χ2v) is 7.17. The molecule has 6 heteroatoms. The number of ether oxygens (including phenoxy) is 2. The molecule has 0 bridgehead atoms. The lowest BCUT2D eigenvalue weighted by Crippen LogP contribution is -2.37. The van der Waals surface area contributed by atoms with Gasteiger partial charge in [-0.25, -0.2) is 4.79 Å². The molecule has 0 saturated heterocycles. The minimum Gasteiger partial charge on any atom is -0.469 e. The number of rotatable bonds is 8. The van der Waals surface area contributed by atoms with Crippen LogP contribution in [0.4, 0.5) is 0 Å². The van der Waals surface area contributed by atoms with Gasteiger partial charge < -0.3 is 9.47 Å². The molecular weight excluding hydrogens is 418 g/mol. The molecule has 0 radical (unpaired) electrons. The van der Waals surface area contributed by atoms with Gasteiger partial charge in [0, 0.05) is 11.8 Å². The molecule has 0 spiro atoms. The fraction of sp³-hybridized carbons (Fsp3) is 0.148. The number of benzene rings is 3. The molecule has 1 amide bonds. The van der Waals surface area contributed by atoms with E-state index in [1.165, 1.54) is 19.1 Å². The van der Waals surface area contributed by atoms with E-state index in [0.29, 0.717) is 11.1 Å². The summed E-state index contributed by atoms with van der Waals surface area (Å²) in [6.45, 7) is 0. The van der Waals surface area contributed by atoms with Crippen LogP contribution in [-0.4, -0.2) is 37.0 Å². The Balaban J connectivity index is 2.21. The largest absolute Gasteiger partial charge is 0.469 e. The molecule has 33 heavy (non-hydrogen) atoms. The molecule has 0 aromatic heterocycles. The van der Waals surface area contributed by atoms with Crippen molar-refractivity contribution in [3.63, 3.8) is 0 Å². The Morgan fingerprint density at radius 1 is 0.758 bits per heavy atom. The minimum atomic E-state index is -1.09. The predicted molar refractivity (Wildman–Crippen MR) is 125 cm³/mol. The summed E-state index contributed by atoms with van der Waals surface area (Å²) >= 11 is 0. The third kappa shape index (κ3) is 5.95. The van der Waals surface area contributed by atoms with E-state index in [-0.39, 0.29) is 0 Å². The van der Waals surface area contributed by atoms with Crippen molar-refractivity contribution in [3.8, 4) is 0 Å². The lowest BCUT2D eigenvalue weighted by Gasteiger charge is -2.28. The number of carbonyl (C=O) groups is 3. The Kier molecular flexibility index (Phi) is 8.13. The van der Waals surface area contributed by atoms with Crippen molar-refractivity contribution in [1.29, 1.82) is 0 Å². The summed E-state index contributed by atoms with van der Waals surface area (Å²) in [6.07, 6.45) is 1.08. The topological polar surface area (TPSA) is 72.9 Å². The number of carbonyl (C=O) groups excluding carboxylic acids is 3. The van der Waals surface area contributed by atoms with Crippen LogP contribution in [-0.2, 0) is 23.9 Å². The van der Waals surface area contributed by atoms with E-state index in [2.05, 4.69) is 0 Å². The summed E-state index contributed by atoms with van der Waals surface area (Å²) in [5.41, 5.74) is 2.95. The fourth-order valence-corrected chi connectivity index (χ4v) is 3.42. The molecule has 3 rings (SSSR count). The molecule has 3 aromatic carbocycles. The first-order valence-corrected chi connectivity index (χ1v) is 10.4. The zero-order valence-electron chi connectivity index (χ0n) is 18.5. The molecule has 0 aliphatic carbocycles. The Hall–Kier alpha value is -4.19. The maximum Gasteiger partial charge on any atom is 0.333 e. The molecule has 168 valence electrons. The summed E-state index contributed by atoms with van der Waals surface area (Å²) in [4.78, 5) is 39.4. The lowest BCUT2D eigenvalue weighted by atomic mass is 9.97. The Bertz CT molecular complexity index is 1070. The maximum atomic E-state index is 13.3. The predicted octanol–water partition coefficient (Wildman–Crippen LogP) is 4.38. The average molecular weight is 443 g/mol. The van der Waals surface area contributed by atoms with Gasteiger partial charge in [-0.05, 0) is 16.7 Å². The summed E-state index contributed by atoms with van der Waals surface area (Å²) in [5.74, 6) is -1.92. The van der Waals surface area contributed by atoms with Crippen LogP contribution in [0.15, 0.2) is 97.2 Å². The van der Waals surface area contributed by atoms with Crippen molar-refractivity contribution in [2.45, 2.75) is 12.5 Å². The van der Waals surface area contributed by atoms with Crippen LogP contribution in [0.1, 0.15) is 29.2 Å². The third-order valence-electron chi connectivity index (χ3n) is 5.07. The van der Waals surface area contributed by atoms with E-state index in [9.17, 15) is 14.4 Å². The molecule has 0 heterocycles. The van der Waals surface area contributed by atoms with Crippen LogP contribution in [0, 0.1) is 0 Å². The summed E-state index contributed by atoms with van der Waals surface area (Å²) in [6, 6.07) is 26.7. The van der Waals surface area contributed by atoms with Gasteiger partial charge in [0.1, 0.15) is 6.42 Å². The number of nitrogens with zero attached hydrogens (tertiary/aromatic N) is 1. The van der Waals surface area contributed by atoms with E-state index < -0.39 is 30.3 Å². The van der Waals surface area contributed by atoms with Crippen LogP contribution in [0.3, 0.4) is 0 Å². The zero-order valence-corrected chi connectivity index (χ0v) is 18.5.